The summed E-state index contributed by atoms with van der Waals surface area (Å²) >= 11 is 0. The molecule has 1 saturated carbocycles. The van der Waals surface area contributed by atoms with Crippen LogP contribution < -0.4 is 10.6 Å². The van der Waals surface area contributed by atoms with E-state index >= 15 is 0 Å². The minimum absolute atomic E-state index is 0.601. The van der Waals surface area contributed by atoms with Crippen LogP contribution in [0, 0.1) is 6.92 Å². The average molecular weight is 234 g/mol. The number of hydrogen-bond donors (Lipinski definition) is 1. The molecule has 1 aromatic rings. The van der Waals surface area contributed by atoms with E-state index in [9.17, 15) is 0 Å². The SMILES string of the molecule is CCN(c1ncnc(N)c1C)C1CCCCC1. The Kier molecular flexibility index (Phi) is 3.82. The first kappa shape index (κ1) is 12.1. The van der Waals surface area contributed by atoms with Crippen molar-refractivity contribution in [1.29, 1.82) is 0 Å². The smallest absolute Gasteiger partial charge is 0.137 e. The second-order valence-electron chi connectivity index (χ2n) is 4.79. The van der Waals surface area contributed by atoms with Gasteiger partial charge in [-0.15, -0.1) is 0 Å². The zero-order valence-electron chi connectivity index (χ0n) is 10.8. The summed E-state index contributed by atoms with van der Waals surface area (Å²) in [6, 6.07) is 0.627. The normalized spacial score (nSPS) is 17.1. The summed E-state index contributed by atoms with van der Waals surface area (Å²) < 4.78 is 0. The van der Waals surface area contributed by atoms with E-state index in [4.69, 9.17) is 5.73 Å². The van der Waals surface area contributed by atoms with Gasteiger partial charge in [-0.05, 0) is 26.7 Å². The van der Waals surface area contributed by atoms with Crippen LogP contribution in [0.25, 0.3) is 0 Å². The van der Waals surface area contributed by atoms with Gasteiger partial charge in [-0.1, -0.05) is 19.3 Å². The Morgan fingerprint density at radius 3 is 2.65 bits per heavy atom. The second kappa shape index (κ2) is 5.34. The number of nitrogen functional groups attached to an aromatic ring is 1. The van der Waals surface area contributed by atoms with Crippen LogP contribution in [0.4, 0.5) is 11.6 Å². The third kappa shape index (κ3) is 2.51. The van der Waals surface area contributed by atoms with Crippen LogP contribution >= 0.6 is 0 Å². The third-order valence-electron chi connectivity index (χ3n) is 3.72. The molecule has 0 atom stereocenters. The van der Waals surface area contributed by atoms with E-state index < -0.39 is 0 Å². The van der Waals surface area contributed by atoms with Gasteiger partial charge in [0.2, 0.25) is 0 Å². The first-order valence-corrected chi connectivity index (χ1v) is 6.57. The molecule has 1 aliphatic rings. The number of aromatic nitrogens is 2. The third-order valence-corrected chi connectivity index (χ3v) is 3.72. The molecule has 0 unspecified atom stereocenters. The Balaban J connectivity index is 2.24. The van der Waals surface area contributed by atoms with Crippen molar-refractivity contribution in [2.24, 2.45) is 0 Å². The molecule has 0 aromatic carbocycles. The van der Waals surface area contributed by atoms with Crippen molar-refractivity contribution in [2.45, 2.75) is 52.0 Å². The van der Waals surface area contributed by atoms with E-state index in [2.05, 4.69) is 21.8 Å². The van der Waals surface area contributed by atoms with Crippen molar-refractivity contribution in [3.05, 3.63) is 11.9 Å². The van der Waals surface area contributed by atoms with E-state index in [1.165, 1.54) is 32.1 Å². The van der Waals surface area contributed by atoms with Gasteiger partial charge in [0.1, 0.15) is 18.0 Å². The lowest BCUT2D eigenvalue weighted by Crippen LogP contribution is -2.37. The zero-order valence-corrected chi connectivity index (χ0v) is 10.8. The van der Waals surface area contributed by atoms with E-state index in [0.29, 0.717) is 11.9 Å². The maximum Gasteiger partial charge on any atom is 0.137 e. The highest BCUT2D eigenvalue weighted by molar-refractivity contribution is 5.56. The van der Waals surface area contributed by atoms with Crippen LogP contribution in [0.3, 0.4) is 0 Å². The molecule has 17 heavy (non-hydrogen) atoms. The van der Waals surface area contributed by atoms with Gasteiger partial charge in [0, 0.05) is 18.2 Å². The standard InChI is InChI=1S/C13H22N4/c1-3-17(11-7-5-4-6-8-11)13-10(2)12(14)15-9-16-13/h9,11H,3-8H2,1-2H3,(H2,14,15,16). The van der Waals surface area contributed by atoms with Gasteiger partial charge in [0.15, 0.2) is 0 Å². The van der Waals surface area contributed by atoms with Crippen LogP contribution in [-0.4, -0.2) is 22.6 Å². The predicted molar refractivity (Wildman–Crippen MR) is 71.1 cm³/mol. The summed E-state index contributed by atoms with van der Waals surface area (Å²) in [5.41, 5.74) is 6.88. The van der Waals surface area contributed by atoms with Crippen molar-refractivity contribution in [3.8, 4) is 0 Å². The quantitative estimate of drug-likeness (QED) is 0.873. The second-order valence-corrected chi connectivity index (χ2v) is 4.79. The average Bonchev–Trinajstić information content (AvgIpc) is 2.37. The number of hydrogen-bond acceptors (Lipinski definition) is 4. The van der Waals surface area contributed by atoms with Gasteiger partial charge in [-0.25, -0.2) is 9.97 Å². The monoisotopic (exact) mass is 234 g/mol. The predicted octanol–water partition coefficient (Wildman–Crippen LogP) is 2.53. The van der Waals surface area contributed by atoms with Gasteiger partial charge in [-0.2, -0.15) is 0 Å². The summed E-state index contributed by atoms with van der Waals surface area (Å²) in [7, 11) is 0. The Labute approximate surface area is 103 Å². The van der Waals surface area contributed by atoms with E-state index in [1.54, 1.807) is 6.33 Å². The molecular weight excluding hydrogens is 212 g/mol. The first-order valence-electron chi connectivity index (χ1n) is 6.57. The van der Waals surface area contributed by atoms with Crippen molar-refractivity contribution in [2.75, 3.05) is 17.2 Å². The van der Waals surface area contributed by atoms with Crippen LogP contribution in [-0.2, 0) is 0 Å². The Morgan fingerprint density at radius 2 is 2.00 bits per heavy atom. The molecule has 4 nitrogen and oxygen atoms in total. The summed E-state index contributed by atoms with van der Waals surface area (Å²) in [6.07, 6.45) is 8.16. The molecule has 1 aromatic heterocycles. The maximum atomic E-state index is 5.86. The Hall–Kier alpha value is -1.32. The Morgan fingerprint density at radius 1 is 1.29 bits per heavy atom. The van der Waals surface area contributed by atoms with Crippen molar-refractivity contribution in [1.82, 2.24) is 9.97 Å². The van der Waals surface area contributed by atoms with E-state index in [0.717, 1.165) is 17.9 Å². The Bertz CT molecular complexity index is 372. The molecule has 0 spiro atoms. The van der Waals surface area contributed by atoms with Crippen molar-refractivity contribution >= 4 is 11.6 Å². The van der Waals surface area contributed by atoms with Gasteiger partial charge in [0.05, 0.1) is 0 Å². The lowest BCUT2D eigenvalue weighted by Gasteiger charge is -2.35. The summed E-state index contributed by atoms with van der Waals surface area (Å²) in [5.74, 6) is 1.62. The molecule has 1 fully saturated rings. The minimum Gasteiger partial charge on any atom is -0.383 e. The lowest BCUT2D eigenvalue weighted by molar-refractivity contribution is 0.416. The van der Waals surface area contributed by atoms with E-state index in [-0.39, 0.29) is 0 Å². The fourth-order valence-corrected chi connectivity index (χ4v) is 2.72. The molecule has 0 bridgehead atoms. The molecular formula is C13H22N4. The molecule has 0 saturated heterocycles. The molecule has 1 heterocycles. The molecule has 2 N–H and O–H groups in total. The van der Waals surface area contributed by atoms with Crippen LogP contribution in [0.15, 0.2) is 6.33 Å². The highest BCUT2D eigenvalue weighted by Gasteiger charge is 2.22. The highest BCUT2D eigenvalue weighted by Crippen LogP contribution is 2.28. The van der Waals surface area contributed by atoms with Crippen LogP contribution in [0.5, 0.6) is 0 Å². The van der Waals surface area contributed by atoms with Gasteiger partial charge >= 0.3 is 0 Å². The number of anilines is 2. The molecule has 94 valence electrons. The molecule has 0 amide bonds. The molecule has 0 aliphatic heterocycles. The van der Waals surface area contributed by atoms with Crippen LogP contribution in [0.1, 0.15) is 44.6 Å². The van der Waals surface area contributed by atoms with Crippen LogP contribution in [0.2, 0.25) is 0 Å². The van der Waals surface area contributed by atoms with Crippen molar-refractivity contribution in [3.63, 3.8) is 0 Å². The largest absolute Gasteiger partial charge is 0.383 e. The summed E-state index contributed by atoms with van der Waals surface area (Å²) in [5, 5.41) is 0. The summed E-state index contributed by atoms with van der Waals surface area (Å²) in [4.78, 5) is 10.9. The lowest BCUT2D eigenvalue weighted by atomic mass is 9.94. The molecule has 1 aliphatic carbocycles. The van der Waals surface area contributed by atoms with Gasteiger partial charge in [-0.3, -0.25) is 0 Å². The highest BCUT2D eigenvalue weighted by atomic mass is 15.2. The number of rotatable bonds is 3. The van der Waals surface area contributed by atoms with Gasteiger partial charge in [0.25, 0.3) is 0 Å². The molecule has 0 radical (unpaired) electrons. The zero-order chi connectivity index (χ0) is 12.3. The maximum absolute atomic E-state index is 5.86. The fourth-order valence-electron chi connectivity index (χ4n) is 2.72. The molecule has 2 rings (SSSR count). The number of nitrogens with zero attached hydrogens (tertiary/aromatic N) is 3. The fraction of sp³-hybridized carbons (Fsp3) is 0.692. The minimum atomic E-state index is 0.601. The molecule has 4 heteroatoms. The van der Waals surface area contributed by atoms with E-state index in [1.807, 2.05) is 6.92 Å². The first-order chi connectivity index (χ1) is 8.24. The van der Waals surface area contributed by atoms with Gasteiger partial charge < -0.3 is 10.6 Å². The summed E-state index contributed by atoms with van der Waals surface area (Å²) in [6.45, 7) is 5.18. The topological polar surface area (TPSA) is 55.0 Å². The van der Waals surface area contributed by atoms with Crippen molar-refractivity contribution < 1.29 is 0 Å². The number of nitrogens with two attached hydrogens (primary N) is 1.